The van der Waals surface area contributed by atoms with E-state index in [0.717, 1.165) is 11.1 Å². The number of aryl methyl sites for hydroxylation is 2. The van der Waals surface area contributed by atoms with Crippen LogP contribution < -0.4 is 5.73 Å². The highest BCUT2D eigenvalue weighted by Crippen LogP contribution is 2.41. The summed E-state index contributed by atoms with van der Waals surface area (Å²) in [6.07, 6.45) is 0. The summed E-state index contributed by atoms with van der Waals surface area (Å²) in [5, 5.41) is 0. The van der Waals surface area contributed by atoms with Gasteiger partial charge in [-0.15, -0.1) is 11.3 Å². The molecule has 15 heavy (non-hydrogen) atoms. The van der Waals surface area contributed by atoms with Crippen LogP contribution in [-0.2, 0) is 0 Å². The third-order valence-electron chi connectivity index (χ3n) is 2.42. The molecule has 0 saturated carbocycles. The van der Waals surface area contributed by atoms with E-state index in [4.69, 9.17) is 17.3 Å². The summed E-state index contributed by atoms with van der Waals surface area (Å²) >= 11 is 7.54. The van der Waals surface area contributed by atoms with Crippen LogP contribution in [0.25, 0.3) is 11.1 Å². The van der Waals surface area contributed by atoms with Gasteiger partial charge in [0.05, 0.1) is 5.69 Å². The molecule has 0 atom stereocenters. The van der Waals surface area contributed by atoms with Crippen molar-refractivity contribution in [3.8, 4) is 11.1 Å². The first-order chi connectivity index (χ1) is 7.09. The normalized spacial score (nSPS) is 10.6. The number of anilines is 1. The van der Waals surface area contributed by atoms with Crippen molar-refractivity contribution >= 4 is 28.6 Å². The average Bonchev–Trinajstić information content (AvgIpc) is 2.44. The zero-order chi connectivity index (χ0) is 11.0. The van der Waals surface area contributed by atoms with Gasteiger partial charge in [0.25, 0.3) is 0 Å². The summed E-state index contributed by atoms with van der Waals surface area (Å²) < 4.78 is 0.683. The zero-order valence-corrected chi connectivity index (χ0v) is 10.2. The third-order valence-corrected chi connectivity index (χ3v) is 3.76. The third kappa shape index (κ3) is 1.87. The highest BCUT2D eigenvalue weighted by atomic mass is 35.5. The van der Waals surface area contributed by atoms with Gasteiger partial charge in [-0.25, -0.2) is 0 Å². The molecule has 0 aliphatic heterocycles. The minimum Gasteiger partial charge on any atom is -0.396 e. The molecule has 0 aliphatic rings. The molecule has 2 rings (SSSR count). The Bertz CT molecular complexity index is 485. The van der Waals surface area contributed by atoms with Crippen molar-refractivity contribution in [2.75, 3.05) is 5.73 Å². The Hall–Kier alpha value is -0.990. The number of halogens is 1. The minimum atomic E-state index is 0.683. The van der Waals surface area contributed by atoms with E-state index >= 15 is 0 Å². The fraction of sp³-hybridized carbons (Fsp3) is 0.167. The lowest BCUT2D eigenvalue weighted by Gasteiger charge is -2.03. The highest BCUT2D eigenvalue weighted by molar-refractivity contribution is 7.17. The van der Waals surface area contributed by atoms with E-state index in [9.17, 15) is 0 Å². The molecule has 0 radical (unpaired) electrons. The van der Waals surface area contributed by atoms with Crippen molar-refractivity contribution in [1.82, 2.24) is 0 Å². The van der Waals surface area contributed by atoms with E-state index in [1.54, 1.807) is 0 Å². The molecule has 1 aromatic carbocycles. The number of hydrogen-bond acceptors (Lipinski definition) is 2. The number of nitrogen functional groups attached to an aromatic ring is 1. The largest absolute Gasteiger partial charge is 0.396 e. The highest BCUT2D eigenvalue weighted by Gasteiger charge is 2.12. The quantitative estimate of drug-likeness (QED) is 0.788. The molecular formula is C12H12ClNS. The molecule has 3 heteroatoms. The molecule has 0 aliphatic carbocycles. The first-order valence-corrected chi connectivity index (χ1v) is 5.90. The van der Waals surface area contributed by atoms with Gasteiger partial charge in [-0.3, -0.25) is 0 Å². The monoisotopic (exact) mass is 237 g/mol. The zero-order valence-electron chi connectivity index (χ0n) is 8.67. The standard InChI is InChI=1S/C12H12ClNS/c1-7-3-5-9(6-4-7)10-8(2)15-12(13)11(10)14/h3-6H,14H2,1-2H3. The van der Waals surface area contributed by atoms with E-state index in [-0.39, 0.29) is 0 Å². The molecule has 0 fully saturated rings. The Morgan fingerprint density at radius 1 is 1.13 bits per heavy atom. The molecule has 0 amide bonds. The summed E-state index contributed by atoms with van der Waals surface area (Å²) in [6.45, 7) is 4.11. The number of thiophene rings is 1. The molecule has 0 saturated heterocycles. The molecule has 2 N–H and O–H groups in total. The molecule has 1 heterocycles. The summed E-state index contributed by atoms with van der Waals surface area (Å²) in [7, 11) is 0. The van der Waals surface area contributed by atoms with Gasteiger partial charge in [-0.2, -0.15) is 0 Å². The molecule has 2 aromatic rings. The summed E-state index contributed by atoms with van der Waals surface area (Å²) in [4.78, 5) is 1.17. The Balaban J connectivity index is 2.58. The Labute approximate surface area is 98.5 Å². The van der Waals surface area contributed by atoms with Crippen LogP contribution >= 0.6 is 22.9 Å². The van der Waals surface area contributed by atoms with E-state index in [2.05, 4.69) is 31.2 Å². The summed E-state index contributed by atoms with van der Waals surface area (Å²) in [6, 6.07) is 8.33. The maximum absolute atomic E-state index is 6.01. The second-order valence-corrected chi connectivity index (χ2v) is 5.41. The van der Waals surface area contributed by atoms with Crippen LogP contribution in [0.1, 0.15) is 10.4 Å². The van der Waals surface area contributed by atoms with Crippen molar-refractivity contribution in [2.45, 2.75) is 13.8 Å². The lowest BCUT2D eigenvalue weighted by Crippen LogP contribution is -1.87. The van der Waals surface area contributed by atoms with E-state index in [0.29, 0.717) is 10.0 Å². The Morgan fingerprint density at radius 3 is 2.20 bits per heavy atom. The smallest absolute Gasteiger partial charge is 0.117 e. The van der Waals surface area contributed by atoms with Gasteiger partial charge in [0, 0.05) is 10.4 Å². The first kappa shape index (κ1) is 10.5. The van der Waals surface area contributed by atoms with Gasteiger partial charge in [-0.1, -0.05) is 41.4 Å². The van der Waals surface area contributed by atoms with Gasteiger partial charge in [0.1, 0.15) is 4.34 Å². The Morgan fingerprint density at radius 2 is 1.73 bits per heavy atom. The predicted octanol–water partition coefficient (Wildman–Crippen LogP) is 4.27. The van der Waals surface area contributed by atoms with Crippen molar-refractivity contribution in [3.63, 3.8) is 0 Å². The lowest BCUT2D eigenvalue weighted by atomic mass is 10.0. The Kier molecular flexibility index (Phi) is 2.72. The number of nitrogens with two attached hydrogens (primary N) is 1. The fourth-order valence-corrected chi connectivity index (χ4v) is 2.86. The van der Waals surface area contributed by atoms with E-state index in [1.165, 1.54) is 21.8 Å². The number of benzene rings is 1. The second kappa shape index (κ2) is 3.87. The molecular weight excluding hydrogens is 226 g/mol. The topological polar surface area (TPSA) is 26.0 Å². The SMILES string of the molecule is Cc1ccc(-c2c(C)sc(Cl)c2N)cc1. The maximum atomic E-state index is 6.01. The van der Waals surface area contributed by atoms with Crippen LogP contribution in [0.2, 0.25) is 4.34 Å². The van der Waals surface area contributed by atoms with Crippen LogP contribution in [0, 0.1) is 13.8 Å². The molecule has 78 valence electrons. The van der Waals surface area contributed by atoms with Crippen LogP contribution in [0.4, 0.5) is 5.69 Å². The van der Waals surface area contributed by atoms with E-state index in [1.807, 2.05) is 6.92 Å². The van der Waals surface area contributed by atoms with Crippen molar-refractivity contribution in [2.24, 2.45) is 0 Å². The van der Waals surface area contributed by atoms with Crippen LogP contribution in [0.3, 0.4) is 0 Å². The lowest BCUT2D eigenvalue weighted by molar-refractivity contribution is 1.46. The average molecular weight is 238 g/mol. The number of hydrogen-bond donors (Lipinski definition) is 1. The van der Waals surface area contributed by atoms with Gasteiger partial charge in [0.2, 0.25) is 0 Å². The molecule has 0 bridgehead atoms. The predicted molar refractivity (Wildman–Crippen MR) is 68.7 cm³/mol. The fourth-order valence-electron chi connectivity index (χ4n) is 1.61. The molecule has 1 nitrogen and oxygen atoms in total. The van der Waals surface area contributed by atoms with Gasteiger partial charge in [0.15, 0.2) is 0 Å². The molecule has 1 aromatic heterocycles. The van der Waals surface area contributed by atoms with Crippen LogP contribution in [0.5, 0.6) is 0 Å². The molecule has 0 unspecified atom stereocenters. The van der Waals surface area contributed by atoms with Crippen LogP contribution in [-0.4, -0.2) is 0 Å². The van der Waals surface area contributed by atoms with E-state index < -0.39 is 0 Å². The summed E-state index contributed by atoms with van der Waals surface area (Å²) in [5.74, 6) is 0. The van der Waals surface area contributed by atoms with Crippen LogP contribution in [0.15, 0.2) is 24.3 Å². The van der Waals surface area contributed by atoms with Crippen molar-refractivity contribution in [3.05, 3.63) is 39.0 Å². The van der Waals surface area contributed by atoms with Crippen molar-refractivity contribution < 1.29 is 0 Å². The first-order valence-electron chi connectivity index (χ1n) is 4.71. The maximum Gasteiger partial charge on any atom is 0.117 e. The van der Waals surface area contributed by atoms with Crippen molar-refractivity contribution in [1.29, 1.82) is 0 Å². The van der Waals surface area contributed by atoms with Gasteiger partial charge < -0.3 is 5.73 Å². The minimum absolute atomic E-state index is 0.683. The summed E-state index contributed by atoms with van der Waals surface area (Å²) in [5.41, 5.74) is 10.1. The van der Waals surface area contributed by atoms with Gasteiger partial charge >= 0.3 is 0 Å². The van der Waals surface area contributed by atoms with Gasteiger partial charge in [-0.05, 0) is 19.4 Å². The molecule has 0 spiro atoms. The second-order valence-electron chi connectivity index (χ2n) is 3.59. The number of rotatable bonds is 1.